The predicted molar refractivity (Wildman–Crippen MR) is 102 cm³/mol. The summed E-state index contributed by atoms with van der Waals surface area (Å²) in [5, 5.41) is 11.5. The van der Waals surface area contributed by atoms with Crippen LogP contribution in [0.5, 0.6) is 11.6 Å². The highest BCUT2D eigenvalue weighted by molar-refractivity contribution is 5.51. The third kappa shape index (κ3) is 4.33. The van der Waals surface area contributed by atoms with Gasteiger partial charge in [0.2, 0.25) is 5.95 Å². The van der Waals surface area contributed by atoms with Crippen LogP contribution >= 0.6 is 0 Å². The van der Waals surface area contributed by atoms with Crippen LogP contribution in [0.25, 0.3) is 0 Å². The van der Waals surface area contributed by atoms with Gasteiger partial charge in [0, 0.05) is 13.1 Å². The summed E-state index contributed by atoms with van der Waals surface area (Å²) in [7, 11) is 0. The number of nitro groups is 1. The average molecular weight is 372 g/mol. The van der Waals surface area contributed by atoms with Crippen LogP contribution in [0, 0.1) is 17.0 Å². The molecule has 1 saturated heterocycles. The Morgan fingerprint density at radius 3 is 2.52 bits per heavy atom. The van der Waals surface area contributed by atoms with E-state index in [9.17, 15) is 10.1 Å². The maximum absolute atomic E-state index is 11.5. The van der Waals surface area contributed by atoms with Crippen LogP contribution in [0.15, 0.2) is 24.3 Å². The lowest BCUT2D eigenvalue weighted by atomic mass is 9.99. The quantitative estimate of drug-likeness (QED) is 0.562. The van der Waals surface area contributed by atoms with Gasteiger partial charge in [0.1, 0.15) is 11.4 Å². The van der Waals surface area contributed by atoms with E-state index in [1.807, 2.05) is 29.2 Å². The van der Waals surface area contributed by atoms with Crippen LogP contribution < -0.4 is 9.64 Å². The Morgan fingerprint density at radius 2 is 1.93 bits per heavy atom. The molecule has 2 heterocycles. The van der Waals surface area contributed by atoms with Crippen LogP contribution in [0.4, 0.5) is 11.6 Å². The van der Waals surface area contributed by atoms with Crippen molar-refractivity contribution in [1.82, 2.24) is 9.97 Å². The predicted octanol–water partition coefficient (Wildman–Crippen LogP) is 3.84. The van der Waals surface area contributed by atoms with E-state index in [1.165, 1.54) is 5.56 Å². The van der Waals surface area contributed by atoms with E-state index in [0.717, 1.165) is 6.42 Å². The number of hydrogen-bond acceptors (Lipinski definition) is 7. The summed E-state index contributed by atoms with van der Waals surface area (Å²) in [6, 6.07) is 7.59. The van der Waals surface area contributed by atoms with Crippen molar-refractivity contribution in [1.29, 1.82) is 0 Å². The maximum Gasteiger partial charge on any atom is 0.352 e. The number of hydrogen-bond donors (Lipinski definition) is 0. The Kier molecular flexibility index (Phi) is 5.85. The Balaban J connectivity index is 1.92. The molecule has 0 saturated carbocycles. The largest absolute Gasteiger partial charge is 0.434 e. The molecule has 0 N–H and O–H groups in total. The zero-order valence-electron chi connectivity index (χ0n) is 15.8. The number of aromatic nitrogens is 2. The molecule has 8 heteroatoms. The molecule has 0 unspecified atom stereocenters. The van der Waals surface area contributed by atoms with Crippen molar-refractivity contribution in [2.24, 2.45) is 0 Å². The fourth-order valence-electron chi connectivity index (χ4n) is 2.92. The van der Waals surface area contributed by atoms with Gasteiger partial charge in [-0.05, 0) is 37.0 Å². The fraction of sp³-hybridized carbons (Fsp3) is 0.474. The molecule has 1 fully saturated rings. The molecule has 0 amide bonds. The van der Waals surface area contributed by atoms with E-state index in [2.05, 4.69) is 23.8 Å². The van der Waals surface area contributed by atoms with Crippen LogP contribution in [0.2, 0.25) is 0 Å². The number of anilines is 1. The Bertz CT molecular complexity index is 804. The molecule has 1 aromatic carbocycles. The zero-order chi connectivity index (χ0) is 19.4. The van der Waals surface area contributed by atoms with E-state index >= 15 is 0 Å². The van der Waals surface area contributed by atoms with Crippen molar-refractivity contribution in [3.8, 4) is 11.6 Å². The van der Waals surface area contributed by atoms with Gasteiger partial charge in [-0.25, -0.2) is 4.98 Å². The SMILES string of the molecule is CC[C@@H](C)c1ccc(Oc2nc(N3CCOCC3)nc(C)c2[N+](=O)[O-])cc1. The molecule has 0 bridgehead atoms. The topological polar surface area (TPSA) is 90.6 Å². The van der Waals surface area contributed by atoms with Gasteiger partial charge in [-0.1, -0.05) is 26.0 Å². The van der Waals surface area contributed by atoms with Crippen LogP contribution in [-0.4, -0.2) is 41.2 Å². The minimum absolute atomic E-state index is 0.0368. The van der Waals surface area contributed by atoms with Gasteiger partial charge < -0.3 is 14.4 Å². The van der Waals surface area contributed by atoms with Gasteiger partial charge in [0.15, 0.2) is 0 Å². The second-order valence-corrected chi connectivity index (χ2v) is 6.60. The maximum atomic E-state index is 11.5. The third-order valence-electron chi connectivity index (χ3n) is 4.77. The van der Waals surface area contributed by atoms with Gasteiger partial charge in [-0.3, -0.25) is 10.1 Å². The van der Waals surface area contributed by atoms with Gasteiger partial charge in [0.05, 0.1) is 18.1 Å². The lowest BCUT2D eigenvalue weighted by Gasteiger charge is -2.27. The zero-order valence-corrected chi connectivity index (χ0v) is 15.8. The van der Waals surface area contributed by atoms with Crippen molar-refractivity contribution < 1.29 is 14.4 Å². The third-order valence-corrected chi connectivity index (χ3v) is 4.77. The molecule has 0 aliphatic carbocycles. The number of morpholine rings is 1. The first kappa shape index (κ1) is 19.0. The first-order valence-electron chi connectivity index (χ1n) is 9.13. The number of ether oxygens (including phenoxy) is 2. The molecular formula is C19H24N4O4. The molecule has 1 aliphatic heterocycles. The molecule has 144 valence electrons. The lowest BCUT2D eigenvalue weighted by molar-refractivity contribution is -0.386. The first-order chi connectivity index (χ1) is 13.0. The van der Waals surface area contributed by atoms with Crippen LogP contribution in [0.3, 0.4) is 0 Å². The molecule has 0 radical (unpaired) electrons. The van der Waals surface area contributed by atoms with E-state index in [4.69, 9.17) is 9.47 Å². The summed E-state index contributed by atoms with van der Waals surface area (Å²) in [6.45, 7) is 8.32. The van der Waals surface area contributed by atoms with Gasteiger partial charge in [-0.2, -0.15) is 4.98 Å². The second kappa shape index (κ2) is 8.30. The molecular weight excluding hydrogens is 348 g/mol. The number of nitrogens with zero attached hydrogens (tertiary/aromatic N) is 4. The van der Waals surface area contributed by atoms with Crippen LogP contribution in [0.1, 0.15) is 37.4 Å². The highest BCUT2D eigenvalue weighted by Crippen LogP contribution is 2.34. The lowest BCUT2D eigenvalue weighted by Crippen LogP contribution is -2.37. The van der Waals surface area contributed by atoms with Gasteiger partial charge in [0.25, 0.3) is 0 Å². The highest BCUT2D eigenvalue weighted by atomic mass is 16.6. The fourth-order valence-corrected chi connectivity index (χ4v) is 2.92. The summed E-state index contributed by atoms with van der Waals surface area (Å²) in [5.41, 5.74) is 1.27. The average Bonchev–Trinajstić information content (AvgIpc) is 2.68. The standard InChI is InChI=1S/C19H24N4O4/c1-4-13(2)15-5-7-16(8-6-15)27-18-17(23(24)25)14(3)20-19(21-18)22-9-11-26-12-10-22/h5-8,13H,4,9-12H2,1-3H3/t13-/m1/s1. The summed E-state index contributed by atoms with van der Waals surface area (Å²) in [4.78, 5) is 21.6. The Labute approximate surface area is 158 Å². The van der Waals surface area contributed by atoms with E-state index in [1.54, 1.807) is 6.92 Å². The van der Waals surface area contributed by atoms with E-state index < -0.39 is 4.92 Å². The summed E-state index contributed by atoms with van der Waals surface area (Å²) >= 11 is 0. The first-order valence-corrected chi connectivity index (χ1v) is 9.13. The smallest absolute Gasteiger partial charge is 0.352 e. The van der Waals surface area contributed by atoms with Crippen LogP contribution in [-0.2, 0) is 4.74 Å². The van der Waals surface area contributed by atoms with E-state index in [0.29, 0.717) is 43.9 Å². The number of rotatable bonds is 6. The Morgan fingerprint density at radius 1 is 1.26 bits per heavy atom. The molecule has 1 aliphatic rings. The van der Waals surface area contributed by atoms with Crippen molar-refractivity contribution in [3.63, 3.8) is 0 Å². The summed E-state index contributed by atoms with van der Waals surface area (Å²) < 4.78 is 11.1. The summed E-state index contributed by atoms with van der Waals surface area (Å²) in [6.07, 6.45) is 1.04. The molecule has 1 atom stereocenters. The molecule has 2 aromatic rings. The summed E-state index contributed by atoms with van der Waals surface area (Å²) in [5.74, 6) is 1.34. The normalized spacial score (nSPS) is 15.4. The van der Waals surface area contributed by atoms with Crippen molar-refractivity contribution in [2.75, 3.05) is 31.2 Å². The highest BCUT2D eigenvalue weighted by Gasteiger charge is 2.26. The van der Waals surface area contributed by atoms with Gasteiger partial charge >= 0.3 is 11.6 Å². The number of aryl methyl sites for hydroxylation is 1. The number of benzene rings is 1. The molecule has 1 aromatic heterocycles. The Hall–Kier alpha value is -2.74. The van der Waals surface area contributed by atoms with Gasteiger partial charge in [-0.15, -0.1) is 0 Å². The van der Waals surface area contributed by atoms with E-state index in [-0.39, 0.29) is 17.3 Å². The second-order valence-electron chi connectivity index (χ2n) is 6.60. The molecule has 27 heavy (non-hydrogen) atoms. The minimum Gasteiger partial charge on any atom is -0.434 e. The van der Waals surface area contributed by atoms with Crippen molar-refractivity contribution >= 4 is 11.6 Å². The van der Waals surface area contributed by atoms with Crippen molar-refractivity contribution in [2.45, 2.75) is 33.1 Å². The minimum atomic E-state index is -0.499. The monoisotopic (exact) mass is 372 g/mol. The molecule has 3 rings (SSSR count). The molecule has 0 spiro atoms. The molecule has 8 nitrogen and oxygen atoms in total. The van der Waals surface area contributed by atoms with Crippen molar-refractivity contribution in [3.05, 3.63) is 45.6 Å².